The summed E-state index contributed by atoms with van der Waals surface area (Å²) in [7, 11) is -4.83. The highest BCUT2D eigenvalue weighted by molar-refractivity contribution is 7.80. The van der Waals surface area contributed by atoms with Crippen LogP contribution in [0.3, 0.4) is 0 Å². The molecule has 4 rings (SSSR count). The Labute approximate surface area is 159 Å². The minimum atomic E-state index is -4.83. The highest BCUT2D eigenvalue weighted by Crippen LogP contribution is 2.35. The molecule has 6 atom stereocenters. The first kappa shape index (κ1) is 19.1. The first-order chi connectivity index (χ1) is 13.1. The molecular formula is C15H21N5O7S. The van der Waals surface area contributed by atoms with E-state index in [-0.39, 0.29) is 23.7 Å². The van der Waals surface area contributed by atoms with Gasteiger partial charge in [-0.15, -0.1) is 0 Å². The van der Waals surface area contributed by atoms with Crippen LogP contribution in [-0.2, 0) is 14.6 Å². The number of aliphatic hydroxyl groups is 1. The summed E-state index contributed by atoms with van der Waals surface area (Å²) < 4.78 is 40.2. The van der Waals surface area contributed by atoms with Gasteiger partial charge in [-0.25, -0.2) is 13.2 Å². The van der Waals surface area contributed by atoms with Crippen molar-refractivity contribution in [2.45, 2.75) is 50.1 Å². The summed E-state index contributed by atoms with van der Waals surface area (Å²) in [6.07, 6.45) is -1.25. The molecule has 0 spiro atoms. The van der Waals surface area contributed by atoms with Gasteiger partial charge >= 0.3 is 11.6 Å². The van der Waals surface area contributed by atoms with Gasteiger partial charge in [0.2, 0.25) is 10.4 Å². The fourth-order valence-corrected chi connectivity index (χ4v) is 5.06. The van der Waals surface area contributed by atoms with Crippen molar-refractivity contribution < 1.29 is 26.8 Å². The fourth-order valence-electron chi connectivity index (χ4n) is 4.51. The standard InChI is InChI=1S/C15H21N5O7S/c1-6-10-5-16-14-17-8(13(22)9-4-12(21)19-15(23)18-9)2-7(20(10)14)3-11(6)27-28(24,25)26/h4,6-8,10-11,13,22H,2-3,5H2,1H3,(H4,16,17,18,19,21,23,24,25,26)/t6-,7+,8-,10-,11+,13-/m1/s1/i15+1,18+1,19+1. The minimum absolute atomic E-state index is 0.0644. The molecule has 0 bridgehead atoms. The summed E-state index contributed by atoms with van der Waals surface area (Å²) in [5, 5.41) is 17.1. The molecule has 1 saturated heterocycles. The van der Waals surface area contributed by atoms with Crippen molar-refractivity contribution in [3.8, 4) is 0 Å². The normalized spacial score (nSPS) is 33.0. The third-order valence-electron chi connectivity index (χ3n) is 5.76. The molecule has 0 unspecified atom stereocenters. The summed E-state index contributed by atoms with van der Waals surface area (Å²) >= 11 is 0. The molecule has 4 heterocycles. The number of rotatable bonds is 4. The lowest BCUT2D eigenvalue weighted by atomic mass is 9.82. The molecule has 0 radical (unpaired) electrons. The van der Waals surface area contributed by atoms with Gasteiger partial charge in [-0.3, -0.25) is 29.2 Å². The third-order valence-corrected chi connectivity index (χ3v) is 6.24. The lowest BCUT2D eigenvalue weighted by Gasteiger charge is -2.42. The lowest BCUT2D eigenvalue weighted by Crippen LogP contribution is -2.60. The van der Waals surface area contributed by atoms with Gasteiger partial charge in [-0.05, 0) is 0 Å². The van der Waals surface area contributed by atoms with Crippen LogP contribution in [0.1, 0.15) is 31.6 Å². The Morgan fingerprint density at radius 1 is 1.32 bits per heavy atom. The maximum Gasteiger partial charge on any atom is 0.346 e. The van der Waals surface area contributed by atoms with E-state index in [9.17, 15) is 27.7 Å². The number of hydrogen-bond donors (Lipinski definition) is 5. The van der Waals surface area contributed by atoms with Crippen molar-refractivity contribution in [2.75, 3.05) is 6.54 Å². The van der Waals surface area contributed by atoms with Crippen LogP contribution in [0.2, 0.25) is 0 Å². The van der Waals surface area contributed by atoms with Gasteiger partial charge in [-0.1, -0.05) is 6.92 Å². The van der Waals surface area contributed by atoms with Crippen molar-refractivity contribution in [2.24, 2.45) is 5.92 Å². The zero-order chi connectivity index (χ0) is 20.2. The number of nitrogens with one attached hydrogen (secondary N) is 4. The number of guanidine groups is 1. The Morgan fingerprint density at radius 2 is 2.07 bits per heavy atom. The summed E-state index contributed by atoms with van der Waals surface area (Å²) in [5.74, 6) is 0.491. The van der Waals surface area contributed by atoms with Gasteiger partial charge in [0.05, 0.1) is 24.4 Å². The Bertz CT molecular complexity index is 1000. The predicted molar refractivity (Wildman–Crippen MR) is 93.4 cm³/mol. The van der Waals surface area contributed by atoms with E-state index in [4.69, 9.17) is 4.18 Å². The zero-order valence-corrected chi connectivity index (χ0v) is 15.7. The predicted octanol–water partition coefficient (Wildman–Crippen LogP) is -2.95. The van der Waals surface area contributed by atoms with Gasteiger partial charge < -0.3 is 14.6 Å². The average molecular weight is 418 g/mol. The molecule has 12 nitrogen and oxygen atoms in total. The number of aliphatic hydroxyl groups excluding tert-OH is 1. The quantitative estimate of drug-likeness (QED) is 0.194. The number of aromatic amines is 2. The van der Waals surface area contributed by atoms with Gasteiger partial charge in [-0.2, -0.15) is 0 Å². The third kappa shape index (κ3) is 3.45. The molecule has 1 fully saturated rings. The number of aromatic nitrogens is 2. The molecule has 0 saturated carbocycles. The fraction of sp³-hybridized carbons (Fsp3) is 0.667. The highest BCUT2D eigenvalue weighted by atomic mass is 32.3. The molecule has 0 aromatic carbocycles. The van der Waals surface area contributed by atoms with E-state index in [1.165, 1.54) is 0 Å². The van der Waals surface area contributed by atoms with Crippen LogP contribution in [0.4, 0.5) is 0 Å². The molecule has 5 N–H and O–H groups in total. The largest absolute Gasteiger partial charge is 0.726 e. The molecule has 1 aromatic rings. The molecule has 154 valence electrons. The van der Waals surface area contributed by atoms with Crippen LogP contribution < -0.4 is 21.9 Å². The van der Waals surface area contributed by atoms with E-state index in [2.05, 4.69) is 20.2 Å². The molecule has 0 aliphatic carbocycles. The molecule has 3 aliphatic rings. The second-order valence-corrected chi connectivity index (χ2v) is 8.48. The van der Waals surface area contributed by atoms with Gasteiger partial charge in [0.25, 0.3) is 5.56 Å². The Morgan fingerprint density at radius 3 is 2.75 bits per heavy atom. The summed E-state index contributed by atoms with van der Waals surface area (Å²) in [6.45, 7) is 2.37. The topological polar surface area (TPSA) is 179 Å². The van der Waals surface area contributed by atoms with E-state index in [0.29, 0.717) is 25.3 Å². The Balaban J connectivity index is 1.61. The lowest BCUT2D eigenvalue weighted by molar-refractivity contribution is -0.621. The van der Waals surface area contributed by atoms with E-state index in [1.807, 2.05) is 11.9 Å². The van der Waals surface area contributed by atoms with E-state index in [0.717, 1.165) is 6.07 Å². The Kier molecular flexibility index (Phi) is 4.56. The second kappa shape index (κ2) is 6.69. The summed E-state index contributed by atoms with van der Waals surface area (Å²) in [6, 6.07) is 0.324. The van der Waals surface area contributed by atoms with Crippen molar-refractivity contribution in [3.05, 3.63) is 32.6 Å². The van der Waals surface area contributed by atoms with Crippen LogP contribution in [-0.4, -0.2) is 69.4 Å². The van der Waals surface area contributed by atoms with Crippen molar-refractivity contribution in [1.82, 2.24) is 20.6 Å². The monoisotopic (exact) mass is 418 g/mol. The molecule has 3 aliphatic heterocycles. The van der Waals surface area contributed by atoms with Crippen LogP contribution >= 0.6 is 0 Å². The van der Waals surface area contributed by atoms with Crippen molar-refractivity contribution in [1.29, 1.82) is 0 Å². The Hall–Kier alpha value is -2.22. The SMILES string of the molecule is C[C@H]1[C@@H](OS(=O)(=O)[O-])C[C@@H]2C[C@H]([C@@H](O)c3cc(=O)[15nH][13c](=O)[15nH]3)NC3=[N+]2[C@@H]1CN3. The van der Waals surface area contributed by atoms with Crippen LogP contribution in [0.15, 0.2) is 15.7 Å². The van der Waals surface area contributed by atoms with Gasteiger partial charge in [0, 0.05) is 24.8 Å². The molecular weight excluding hydrogens is 397 g/mol. The van der Waals surface area contributed by atoms with Crippen molar-refractivity contribution in [3.63, 3.8) is 0 Å². The first-order valence-corrected chi connectivity index (χ1v) is 10.3. The molecule has 13 heteroatoms. The number of H-pyrrole nitrogens is 2. The molecule has 28 heavy (non-hydrogen) atoms. The second-order valence-electron chi connectivity index (χ2n) is 7.47. The van der Waals surface area contributed by atoms with Crippen LogP contribution in [0.5, 0.6) is 0 Å². The summed E-state index contributed by atoms with van der Waals surface area (Å²) in [5.41, 5.74) is -1.26. The molecule has 0 amide bonds. The minimum Gasteiger partial charge on any atom is -0.726 e. The first-order valence-electron chi connectivity index (χ1n) is 8.94. The number of nitrogens with zero attached hydrogens (tertiary/aromatic N) is 1. The summed E-state index contributed by atoms with van der Waals surface area (Å²) in [4.78, 5) is 27.5. The zero-order valence-electron chi connectivity index (χ0n) is 14.9. The van der Waals surface area contributed by atoms with E-state index < -0.39 is 39.9 Å². The van der Waals surface area contributed by atoms with Crippen molar-refractivity contribution >= 4 is 16.4 Å². The van der Waals surface area contributed by atoms with E-state index >= 15 is 0 Å². The average Bonchev–Trinajstić information content (AvgIpc) is 3.01. The van der Waals surface area contributed by atoms with Crippen LogP contribution in [0, 0.1) is 5.92 Å². The van der Waals surface area contributed by atoms with E-state index in [1.54, 1.807) is 0 Å². The number of hydrogen-bond acceptors (Lipinski definition) is 9. The van der Waals surface area contributed by atoms with Crippen LogP contribution in [0.25, 0.3) is 0 Å². The van der Waals surface area contributed by atoms with Gasteiger partial charge in [0.1, 0.15) is 18.2 Å². The highest BCUT2D eigenvalue weighted by Gasteiger charge is 2.51. The van der Waals surface area contributed by atoms with Gasteiger partial charge in [0.15, 0.2) is 0 Å². The number of piperidine rings is 1. The maximum absolute atomic E-state index is 11.5. The maximum atomic E-state index is 11.5. The smallest absolute Gasteiger partial charge is 0.346 e. The molecule has 1 aromatic heterocycles.